The fourth-order valence-corrected chi connectivity index (χ4v) is 2.28. The summed E-state index contributed by atoms with van der Waals surface area (Å²) in [5.41, 5.74) is 0.469. The Labute approximate surface area is 92.9 Å². The highest BCUT2D eigenvalue weighted by molar-refractivity contribution is 7.03. The van der Waals surface area contributed by atoms with Crippen molar-refractivity contribution in [3.05, 3.63) is 11.1 Å². The zero-order valence-corrected chi connectivity index (χ0v) is 9.70. The van der Waals surface area contributed by atoms with Gasteiger partial charge in [0.2, 0.25) is 0 Å². The summed E-state index contributed by atoms with van der Waals surface area (Å²) in [5.74, 6) is 0.00403. The third-order valence-corrected chi connectivity index (χ3v) is 3.18. The second-order valence-corrected chi connectivity index (χ2v) is 4.51. The molecule has 1 fully saturated rings. The van der Waals surface area contributed by atoms with Crippen molar-refractivity contribution in [2.45, 2.75) is 13.0 Å². The standard InChI is InChI=1S/C9H14N4OS/c1-7-5-12(2)3-4-13(7)9(14)8-6-15-11-10-8/h6-7H,3-5H2,1-2H3. The van der Waals surface area contributed by atoms with Crippen LogP contribution in [0.15, 0.2) is 5.38 Å². The van der Waals surface area contributed by atoms with Crippen LogP contribution in [-0.2, 0) is 0 Å². The first-order chi connectivity index (χ1) is 7.18. The van der Waals surface area contributed by atoms with Crippen LogP contribution in [0.25, 0.3) is 0 Å². The summed E-state index contributed by atoms with van der Waals surface area (Å²) < 4.78 is 3.71. The van der Waals surface area contributed by atoms with Crippen LogP contribution in [0.4, 0.5) is 0 Å². The lowest BCUT2D eigenvalue weighted by Crippen LogP contribution is -2.52. The molecule has 1 saturated heterocycles. The summed E-state index contributed by atoms with van der Waals surface area (Å²) >= 11 is 1.21. The van der Waals surface area contributed by atoms with Gasteiger partial charge in [-0.05, 0) is 25.5 Å². The number of hydrogen-bond donors (Lipinski definition) is 0. The molecule has 6 heteroatoms. The maximum absolute atomic E-state index is 12.0. The molecule has 0 radical (unpaired) electrons. The Morgan fingerprint density at radius 3 is 3.00 bits per heavy atom. The van der Waals surface area contributed by atoms with Gasteiger partial charge in [0, 0.05) is 31.1 Å². The maximum atomic E-state index is 12.0. The molecule has 1 aromatic rings. The third-order valence-electron chi connectivity index (χ3n) is 2.67. The van der Waals surface area contributed by atoms with Gasteiger partial charge in [-0.25, -0.2) is 0 Å². The average molecular weight is 226 g/mol. The Hall–Kier alpha value is -1.01. The number of rotatable bonds is 1. The molecule has 2 heterocycles. The number of aromatic nitrogens is 2. The van der Waals surface area contributed by atoms with Gasteiger partial charge in [0.1, 0.15) is 0 Å². The molecule has 1 aliphatic heterocycles. The first-order valence-electron chi connectivity index (χ1n) is 4.95. The van der Waals surface area contributed by atoms with Crippen molar-refractivity contribution in [3.63, 3.8) is 0 Å². The smallest absolute Gasteiger partial charge is 0.275 e. The number of carbonyl (C=O) groups is 1. The van der Waals surface area contributed by atoms with Crippen molar-refractivity contribution >= 4 is 17.4 Å². The molecule has 0 saturated carbocycles. The first kappa shape index (κ1) is 10.5. The van der Waals surface area contributed by atoms with Crippen molar-refractivity contribution in [3.8, 4) is 0 Å². The van der Waals surface area contributed by atoms with E-state index >= 15 is 0 Å². The highest BCUT2D eigenvalue weighted by Crippen LogP contribution is 2.12. The maximum Gasteiger partial charge on any atom is 0.275 e. The van der Waals surface area contributed by atoms with Gasteiger partial charge in [-0.3, -0.25) is 4.79 Å². The van der Waals surface area contributed by atoms with Gasteiger partial charge in [-0.2, -0.15) is 0 Å². The van der Waals surface area contributed by atoms with E-state index in [4.69, 9.17) is 0 Å². The van der Waals surface area contributed by atoms with Gasteiger partial charge in [-0.15, -0.1) is 5.10 Å². The highest BCUT2D eigenvalue weighted by Gasteiger charge is 2.27. The van der Waals surface area contributed by atoms with E-state index in [1.165, 1.54) is 11.5 Å². The molecule has 0 bridgehead atoms. The van der Waals surface area contributed by atoms with Crippen LogP contribution < -0.4 is 0 Å². The second kappa shape index (κ2) is 4.24. The molecule has 0 aromatic carbocycles. The normalized spacial score (nSPS) is 23.1. The van der Waals surface area contributed by atoms with Crippen LogP contribution in [0.5, 0.6) is 0 Å². The molecule has 1 amide bonds. The van der Waals surface area contributed by atoms with Gasteiger partial charge >= 0.3 is 0 Å². The van der Waals surface area contributed by atoms with Gasteiger partial charge in [0.05, 0.1) is 0 Å². The van der Waals surface area contributed by atoms with E-state index in [-0.39, 0.29) is 11.9 Å². The van der Waals surface area contributed by atoms with Crippen molar-refractivity contribution in [2.24, 2.45) is 0 Å². The Bertz CT molecular complexity index is 340. The topological polar surface area (TPSA) is 49.3 Å². The van der Waals surface area contributed by atoms with Crippen LogP contribution in [0.3, 0.4) is 0 Å². The van der Waals surface area contributed by atoms with Gasteiger partial charge in [0.15, 0.2) is 5.69 Å². The summed E-state index contributed by atoms with van der Waals surface area (Å²) in [6, 6.07) is 0.248. The van der Waals surface area contributed by atoms with E-state index in [9.17, 15) is 4.79 Å². The molecule has 1 unspecified atom stereocenters. The number of nitrogens with zero attached hydrogens (tertiary/aromatic N) is 4. The van der Waals surface area contributed by atoms with E-state index < -0.39 is 0 Å². The monoisotopic (exact) mass is 226 g/mol. The van der Waals surface area contributed by atoms with E-state index in [1.807, 2.05) is 4.90 Å². The fourth-order valence-electron chi connectivity index (χ4n) is 1.85. The molecular weight excluding hydrogens is 212 g/mol. The van der Waals surface area contributed by atoms with Gasteiger partial charge in [0.25, 0.3) is 5.91 Å². The SMILES string of the molecule is CC1CN(C)CCN1C(=O)c1csnn1. The Balaban J connectivity index is 2.08. The fraction of sp³-hybridized carbons (Fsp3) is 0.667. The molecular formula is C9H14N4OS. The van der Waals surface area contributed by atoms with E-state index in [0.29, 0.717) is 5.69 Å². The van der Waals surface area contributed by atoms with Crippen LogP contribution in [0, 0.1) is 0 Å². The first-order valence-corrected chi connectivity index (χ1v) is 5.78. The predicted octanol–water partition coefficient (Wildman–Crippen LogP) is 0.314. The molecule has 1 atom stereocenters. The number of carbonyl (C=O) groups excluding carboxylic acids is 1. The lowest BCUT2D eigenvalue weighted by molar-refractivity contribution is 0.0528. The van der Waals surface area contributed by atoms with Crippen molar-refractivity contribution < 1.29 is 4.79 Å². The summed E-state index contributed by atoms with van der Waals surface area (Å²) in [6.07, 6.45) is 0. The summed E-state index contributed by atoms with van der Waals surface area (Å²) in [4.78, 5) is 16.1. The largest absolute Gasteiger partial charge is 0.332 e. The Morgan fingerprint density at radius 1 is 1.60 bits per heavy atom. The quantitative estimate of drug-likeness (QED) is 0.691. The molecule has 1 aliphatic rings. The Kier molecular flexibility index (Phi) is 2.97. The average Bonchev–Trinajstić information content (AvgIpc) is 2.69. The zero-order chi connectivity index (χ0) is 10.8. The van der Waals surface area contributed by atoms with Crippen molar-refractivity contribution in [1.29, 1.82) is 0 Å². The predicted molar refractivity (Wildman–Crippen MR) is 57.9 cm³/mol. The Morgan fingerprint density at radius 2 is 2.40 bits per heavy atom. The third kappa shape index (κ3) is 2.15. The lowest BCUT2D eigenvalue weighted by atomic mass is 10.2. The molecule has 0 aliphatic carbocycles. The highest BCUT2D eigenvalue weighted by atomic mass is 32.1. The van der Waals surface area contributed by atoms with E-state index in [1.54, 1.807) is 5.38 Å². The van der Waals surface area contributed by atoms with Crippen LogP contribution in [0.2, 0.25) is 0 Å². The number of hydrogen-bond acceptors (Lipinski definition) is 5. The molecule has 1 aromatic heterocycles. The van der Waals surface area contributed by atoms with Crippen LogP contribution in [0.1, 0.15) is 17.4 Å². The number of amides is 1. The second-order valence-electron chi connectivity index (χ2n) is 3.90. The molecule has 2 rings (SSSR count). The number of likely N-dealkylation sites (N-methyl/N-ethyl adjacent to an activating group) is 1. The minimum Gasteiger partial charge on any atom is -0.332 e. The molecule has 5 nitrogen and oxygen atoms in total. The van der Waals surface area contributed by atoms with Crippen LogP contribution in [-0.4, -0.2) is 58.0 Å². The summed E-state index contributed by atoms with van der Waals surface area (Å²) in [6.45, 7) is 4.68. The van der Waals surface area contributed by atoms with Crippen molar-refractivity contribution in [1.82, 2.24) is 19.4 Å². The van der Waals surface area contributed by atoms with E-state index in [2.05, 4.69) is 28.5 Å². The molecule has 82 valence electrons. The van der Waals surface area contributed by atoms with Crippen molar-refractivity contribution in [2.75, 3.05) is 26.7 Å². The minimum atomic E-state index is 0.00403. The zero-order valence-electron chi connectivity index (χ0n) is 8.88. The molecule has 15 heavy (non-hydrogen) atoms. The molecule has 0 spiro atoms. The number of piperazine rings is 1. The van der Waals surface area contributed by atoms with Gasteiger partial charge in [-0.1, -0.05) is 4.49 Å². The van der Waals surface area contributed by atoms with Crippen LogP contribution >= 0.6 is 11.5 Å². The lowest BCUT2D eigenvalue weighted by Gasteiger charge is -2.37. The van der Waals surface area contributed by atoms with Gasteiger partial charge < -0.3 is 9.80 Å². The molecule has 0 N–H and O–H groups in total. The summed E-state index contributed by atoms with van der Waals surface area (Å²) in [7, 11) is 2.07. The summed E-state index contributed by atoms with van der Waals surface area (Å²) in [5, 5.41) is 5.51. The minimum absolute atomic E-state index is 0.00403. The van der Waals surface area contributed by atoms with E-state index in [0.717, 1.165) is 19.6 Å².